The summed E-state index contributed by atoms with van der Waals surface area (Å²) in [5.74, 6) is 0. The van der Waals surface area contributed by atoms with E-state index >= 15 is 0 Å². The van der Waals surface area contributed by atoms with Crippen molar-refractivity contribution >= 4 is 8.80 Å². The van der Waals surface area contributed by atoms with E-state index < -0.39 is 8.80 Å². The van der Waals surface area contributed by atoms with E-state index in [-0.39, 0.29) is 10.8 Å². The van der Waals surface area contributed by atoms with Crippen molar-refractivity contribution in [1.82, 2.24) is 0 Å². The highest BCUT2D eigenvalue weighted by molar-refractivity contribution is 6.59. The van der Waals surface area contributed by atoms with Crippen LogP contribution in [0, 0.1) is 0 Å². The first kappa shape index (κ1) is 17.5. The molecule has 0 aromatic heterocycles. The zero-order valence-electron chi connectivity index (χ0n) is 16.5. The van der Waals surface area contributed by atoms with Gasteiger partial charge in [0.2, 0.25) is 0 Å². The molecule has 0 heterocycles. The fraction of sp³-hybridized carbons (Fsp3) is 0.478. The molecule has 0 saturated carbocycles. The van der Waals surface area contributed by atoms with Crippen LogP contribution in [-0.2, 0) is 10.8 Å². The Morgan fingerprint density at radius 2 is 1.38 bits per heavy atom. The normalized spacial score (nSPS) is 17.1. The van der Waals surface area contributed by atoms with Gasteiger partial charge in [0.1, 0.15) is 0 Å². The highest BCUT2D eigenvalue weighted by Crippen LogP contribution is 2.51. The molecule has 2 aromatic carbocycles. The number of fused-ring (bicyclic) bond motifs is 3. The molecule has 0 aliphatic heterocycles. The van der Waals surface area contributed by atoms with Gasteiger partial charge in [0.05, 0.1) is 8.80 Å². The zero-order valence-corrected chi connectivity index (χ0v) is 17.5. The second-order valence-electron chi connectivity index (χ2n) is 9.55. The van der Waals surface area contributed by atoms with E-state index in [2.05, 4.69) is 91.0 Å². The summed E-state index contributed by atoms with van der Waals surface area (Å²) in [5, 5.41) is 0. The van der Waals surface area contributed by atoms with E-state index in [1.807, 2.05) is 0 Å². The Morgan fingerprint density at radius 3 is 1.92 bits per heavy atom. The Hall–Kier alpha value is -1.34. The first-order valence-corrected chi connectivity index (χ1v) is 11.7. The van der Waals surface area contributed by atoms with E-state index in [9.17, 15) is 0 Å². The Morgan fingerprint density at radius 1 is 0.750 bits per heavy atom. The maximum atomic E-state index is 2.47. The molecule has 127 valence electrons. The van der Waals surface area contributed by atoms with E-state index in [0.29, 0.717) is 5.54 Å². The van der Waals surface area contributed by atoms with Crippen LogP contribution in [0.1, 0.15) is 69.3 Å². The number of hydrogen-bond donors (Lipinski definition) is 0. The Bertz CT molecular complexity index is 770. The van der Waals surface area contributed by atoms with Crippen molar-refractivity contribution in [3.8, 4) is 11.1 Å². The Kier molecular flexibility index (Phi) is 4.07. The van der Waals surface area contributed by atoms with Gasteiger partial charge in [-0.2, -0.15) is 0 Å². The number of hydrogen-bond acceptors (Lipinski definition) is 0. The molecule has 1 unspecified atom stereocenters. The fourth-order valence-electron chi connectivity index (χ4n) is 4.34. The van der Waals surface area contributed by atoms with Gasteiger partial charge in [-0.05, 0) is 44.2 Å². The second kappa shape index (κ2) is 5.59. The molecule has 0 fully saturated rings. The first-order chi connectivity index (χ1) is 11.0. The maximum absolute atomic E-state index is 2.47. The molecular weight excluding hydrogens is 304 g/mol. The molecule has 0 nitrogen and oxygen atoms in total. The molecule has 1 aliphatic rings. The lowest BCUT2D eigenvalue weighted by atomic mass is 9.72. The molecule has 0 saturated heterocycles. The van der Waals surface area contributed by atoms with Crippen LogP contribution in [0.4, 0.5) is 0 Å². The van der Waals surface area contributed by atoms with Crippen LogP contribution in [-0.4, -0.2) is 8.80 Å². The smallest absolute Gasteiger partial charge is 0.0556 e. The van der Waals surface area contributed by atoms with Gasteiger partial charge < -0.3 is 0 Å². The third-order valence-corrected chi connectivity index (χ3v) is 6.99. The minimum absolute atomic E-state index is 0.158. The average molecular weight is 336 g/mol. The summed E-state index contributed by atoms with van der Waals surface area (Å²) in [7, 11) is -0.479. The highest BCUT2D eigenvalue weighted by atomic mass is 28.3. The molecule has 0 spiro atoms. The minimum Gasteiger partial charge on any atom is -0.0705 e. The van der Waals surface area contributed by atoms with Crippen LogP contribution in [0.2, 0.25) is 13.1 Å². The van der Waals surface area contributed by atoms with E-state index in [1.54, 1.807) is 16.7 Å². The van der Waals surface area contributed by atoms with Gasteiger partial charge in [0.25, 0.3) is 0 Å². The predicted octanol–water partition coefficient (Wildman–Crippen LogP) is 6.69. The van der Waals surface area contributed by atoms with Crippen molar-refractivity contribution < 1.29 is 0 Å². The molecule has 24 heavy (non-hydrogen) atoms. The first-order valence-electron chi connectivity index (χ1n) is 9.10. The van der Waals surface area contributed by atoms with Gasteiger partial charge in [-0.3, -0.25) is 0 Å². The molecule has 2 aromatic rings. The van der Waals surface area contributed by atoms with Crippen LogP contribution in [0.5, 0.6) is 0 Å². The van der Waals surface area contributed by atoms with Crippen LogP contribution < -0.4 is 0 Å². The zero-order chi connectivity index (χ0) is 17.9. The summed E-state index contributed by atoms with van der Waals surface area (Å²) in [6.07, 6.45) is 0. The lowest BCUT2D eigenvalue weighted by Gasteiger charge is -2.34. The summed E-state index contributed by atoms with van der Waals surface area (Å²) in [6, 6.07) is 13.9. The monoisotopic (exact) mass is 335 g/mol. The molecular formula is C23H31Si. The Balaban J connectivity index is 2.42. The standard InChI is InChI=1S/C23H31Si/c1-22(2,3)18-14-13-16-15-11-9-10-12-17(15)21(24(7)8)19(16)20(18)23(4,5)6/h9-14,21H,1-8H3. The predicted molar refractivity (Wildman–Crippen MR) is 109 cm³/mol. The summed E-state index contributed by atoms with van der Waals surface area (Å²) in [4.78, 5) is 0. The minimum atomic E-state index is -0.479. The molecule has 1 heteroatoms. The SMILES string of the molecule is C[Si](C)C1c2ccccc2-c2ccc(C(C)(C)C)c(C(C)(C)C)c21. The average Bonchev–Trinajstić information content (AvgIpc) is 2.78. The quantitative estimate of drug-likeness (QED) is 0.509. The van der Waals surface area contributed by atoms with E-state index in [1.165, 1.54) is 16.7 Å². The summed E-state index contributed by atoms with van der Waals surface area (Å²) in [6.45, 7) is 19.1. The molecule has 3 rings (SSSR count). The van der Waals surface area contributed by atoms with Crippen molar-refractivity contribution in [2.45, 2.75) is 71.0 Å². The largest absolute Gasteiger partial charge is 0.0705 e. The van der Waals surface area contributed by atoms with Gasteiger partial charge in [0, 0.05) is 5.54 Å². The lowest BCUT2D eigenvalue weighted by molar-refractivity contribution is 0.526. The van der Waals surface area contributed by atoms with Crippen molar-refractivity contribution in [2.24, 2.45) is 0 Å². The topological polar surface area (TPSA) is 0 Å². The van der Waals surface area contributed by atoms with E-state index in [4.69, 9.17) is 0 Å². The van der Waals surface area contributed by atoms with Gasteiger partial charge in [-0.1, -0.05) is 91.0 Å². The Labute approximate surface area is 149 Å². The number of benzene rings is 2. The van der Waals surface area contributed by atoms with Crippen LogP contribution in [0.15, 0.2) is 36.4 Å². The molecule has 0 amide bonds. The third-order valence-electron chi connectivity index (χ3n) is 5.23. The maximum Gasteiger partial charge on any atom is 0.0556 e. The number of rotatable bonds is 1. The molecule has 1 aliphatic carbocycles. The van der Waals surface area contributed by atoms with Crippen LogP contribution in [0.3, 0.4) is 0 Å². The second-order valence-corrected chi connectivity index (χ2v) is 12.3. The summed E-state index contributed by atoms with van der Waals surface area (Å²) in [5.41, 5.74) is 10.2. The van der Waals surface area contributed by atoms with Crippen molar-refractivity contribution in [2.75, 3.05) is 0 Å². The lowest BCUT2D eigenvalue weighted by Crippen LogP contribution is -2.27. The third kappa shape index (κ3) is 2.67. The molecule has 1 atom stereocenters. The summed E-state index contributed by atoms with van der Waals surface area (Å²) < 4.78 is 0. The van der Waals surface area contributed by atoms with E-state index in [0.717, 1.165) is 0 Å². The van der Waals surface area contributed by atoms with Gasteiger partial charge in [-0.25, -0.2) is 0 Å². The molecule has 0 bridgehead atoms. The molecule has 0 N–H and O–H groups in total. The van der Waals surface area contributed by atoms with Crippen LogP contribution in [0.25, 0.3) is 11.1 Å². The molecule has 1 radical (unpaired) electrons. The van der Waals surface area contributed by atoms with Gasteiger partial charge >= 0.3 is 0 Å². The van der Waals surface area contributed by atoms with Gasteiger partial charge in [0.15, 0.2) is 0 Å². The van der Waals surface area contributed by atoms with Crippen molar-refractivity contribution in [3.63, 3.8) is 0 Å². The van der Waals surface area contributed by atoms with Crippen molar-refractivity contribution in [3.05, 3.63) is 58.7 Å². The highest BCUT2D eigenvalue weighted by Gasteiger charge is 2.38. The van der Waals surface area contributed by atoms with Crippen LogP contribution >= 0.6 is 0 Å². The summed E-state index contributed by atoms with van der Waals surface area (Å²) >= 11 is 0. The van der Waals surface area contributed by atoms with Gasteiger partial charge in [-0.15, -0.1) is 0 Å². The van der Waals surface area contributed by atoms with Crippen molar-refractivity contribution in [1.29, 1.82) is 0 Å². The fourth-order valence-corrected chi connectivity index (χ4v) is 6.09.